The zero-order valence-electron chi connectivity index (χ0n) is 15.2. The van der Waals surface area contributed by atoms with Gasteiger partial charge in [0.05, 0.1) is 35.4 Å². The number of hydrogen-bond donors (Lipinski definition) is 1. The first-order chi connectivity index (χ1) is 11.5. The largest absolute Gasteiger partial charge is 0.322 e. The number of carbonyl (C=O) groups excluding carboxylic acids is 1. The Hall–Kier alpha value is -2.21. The molecule has 1 N–H and O–H groups in total. The van der Waals surface area contributed by atoms with Gasteiger partial charge in [0.1, 0.15) is 0 Å². The highest BCUT2D eigenvalue weighted by Crippen LogP contribution is 2.22. The van der Waals surface area contributed by atoms with Gasteiger partial charge in [-0.05, 0) is 46.4 Å². The normalized spacial score (nSPS) is 12.4. The van der Waals surface area contributed by atoms with Crippen molar-refractivity contribution in [2.24, 2.45) is 0 Å². The first-order valence-corrected chi connectivity index (χ1v) is 8.42. The van der Waals surface area contributed by atoms with Crippen molar-refractivity contribution < 1.29 is 4.79 Å². The van der Waals surface area contributed by atoms with Gasteiger partial charge in [-0.15, -0.1) is 0 Å². The fraction of sp³-hybridized carbons (Fsp3) is 0.500. The van der Waals surface area contributed by atoms with Crippen molar-refractivity contribution >= 4 is 11.6 Å². The summed E-state index contributed by atoms with van der Waals surface area (Å²) in [6.07, 6.45) is 2.68. The monoisotopic (exact) mass is 329 g/mol. The maximum atomic E-state index is 12.5. The molecule has 0 aliphatic carbocycles. The number of anilines is 1. The Morgan fingerprint density at radius 3 is 2.62 bits per heavy atom. The van der Waals surface area contributed by atoms with E-state index >= 15 is 0 Å². The molecule has 0 fully saturated rings. The molecule has 6 heteroatoms. The molecule has 0 unspecified atom stereocenters. The minimum atomic E-state index is -0.0336. The quantitative estimate of drug-likeness (QED) is 0.848. The number of rotatable bonds is 7. The van der Waals surface area contributed by atoms with Crippen molar-refractivity contribution in [3.8, 4) is 0 Å². The summed E-state index contributed by atoms with van der Waals surface area (Å²) < 4.78 is 1.90. The predicted octanol–water partition coefficient (Wildman–Crippen LogP) is 2.94. The molecular formula is C18H27N5O. The van der Waals surface area contributed by atoms with Gasteiger partial charge >= 0.3 is 0 Å². The van der Waals surface area contributed by atoms with Gasteiger partial charge < -0.3 is 5.32 Å². The van der Waals surface area contributed by atoms with Crippen molar-refractivity contribution in [3.05, 3.63) is 41.5 Å². The van der Waals surface area contributed by atoms with Crippen molar-refractivity contribution in [1.29, 1.82) is 0 Å². The van der Waals surface area contributed by atoms with Crippen LogP contribution in [0.4, 0.5) is 5.69 Å². The van der Waals surface area contributed by atoms with E-state index in [0.717, 1.165) is 35.7 Å². The standard InChI is InChI=1S/C18H27N5O/c1-6-16(15-10-8-9-11-19-15)22(5)12-17(24)20-18-13(3)21-23(7-2)14(18)4/h8-11,16H,6-7,12H2,1-5H3,(H,20,24)/t16-/m0/s1. The van der Waals surface area contributed by atoms with Gasteiger partial charge in [-0.25, -0.2) is 0 Å². The predicted molar refractivity (Wildman–Crippen MR) is 95.9 cm³/mol. The van der Waals surface area contributed by atoms with E-state index in [9.17, 15) is 4.79 Å². The molecule has 24 heavy (non-hydrogen) atoms. The van der Waals surface area contributed by atoms with Gasteiger partial charge in [-0.3, -0.25) is 19.4 Å². The summed E-state index contributed by atoms with van der Waals surface area (Å²) >= 11 is 0. The summed E-state index contributed by atoms with van der Waals surface area (Å²) in [7, 11) is 1.96. The van der Waals surface area contributed by atoms with Crippen molar-refractivity contribution in [1.82, 2.24) is 19.7 Å². The fourth-order valence-electron chi connectivity index (χ4n) is 3.02. The summed E-state index contributed by atoms with van der Waals surface area (Å²) in [6.45, 7) is 9.14. The van der Waals surface area contributed by atoms with Crippen molar-refractivity contribution in [3.63, 3.8) is 0 Å². The van der Waals surface area contributed by atoms with E-state index in [1.54, 1.807) is 6.20 Å². The summed E-state index contributed by atoms with van der Waals surface area (Å²) in [5.41, 5.74) is 3.65. The lowest BCUT2D eigenvalue weighted by Gasteiger charge is -2.26. The number of aryl methyl sites for hydroxylation is 2. The Bertz CT molecular complexity index is 680. The first kappa shape index (κ1) is 18.1. The Balaban J connectivity index is 2.05. The van der Waals surface area contributed by atoms with Crippen molar-refractivity contribution in [2.45, 2.75) is 46.7 Å². The van der Waals surface area contributed by atoms with Gasteiger partial charge in [0.25, 0.3) is 0 Å². The van der Waals surface area contributed by atoms with E-state index in [1.807, 2.05) is 55.6 Å². The molecule has 0 saturated heterocycles. The van der Waals surface area contributed by atoms with Crippen LogP contribution in [-0.2, 0) is 11.3 Å². The molecule has 0 aromatic carbocycles. The Morgan fingerprint density at radius 2 is 2.08 bits per heavy atom. The lowest BCUT2D eigenvalue weighted by Crippen LogP contribution is -2.33. The van der Waals surface area contributed by atoms with Crippen LogP contribution in [0.3, 0.4) is 0 Å². The van der Waals surface area contributed by atoms with Gasteiger partial charge in [0.15, 0.2) is 0 Å². The van der Waals surface area contributed by atoms with Gasteiger partial charge in [-0.2, -0.15) is 5.10 Å². The van der Waals surface area contributed by atoms with Gasteiger partial charge in [0, 0.05) is 12.7 Å². The minimum absolute atomic E-state index is 0.0336. The third-order valence-corrected chi connectivity index (χ3v) is 4.29. The van der Waals surface area contributed by atoms with E-state index in [-0.39, 0.29) is 11.9 Å². The number of amides is 1. The van der Waals surface area contributed by atoms with E-state index in [2.05, 4.69) is 22.3 Å². The zero-order chi connectivity index (χ0) is 17.7. The molecule has 0 aliphatic heterocycles. The number of hydrogen-bond acceptors (Lipinski definition) is 4. The molecule has 2 aromatic heterocycles. The molecule has 130 valence electrons. The summed E-state index contributed by atoms with van der Waals surface area (Å²) in [4.78, 5) is 18.9. The molecule has 0 saturated carbocycles. The van der Waals surface area contributed by atoms with Gasteiger partial charge in [0.2, 0.25) is 5.91 Å². The Labute approximate surface area is 143 Å². The molecule has 6 nitrogen and oxygen atoms in total. The molecule has 0 aliphatic rings. The van der Waals surface area contributed by atoms with Crippen LogP contribution in [0.1, 0.15) is 43.4 Å². The SMILES string of the molecule is CC[C@@H](c1ccccn1)N(C)CC(=O)Nc1c(C)nn(CC)c1C. The number of nitrogens with zero attached hydrogens (tertiary/aromatic N) is 4. The highest BCUT2D eigenvalue weighted by atomic mass is 16.2. The third kappa shape index (κ3) is 4.00. The molecule has 2 aromatic rings. The number of likely N-dealkylation sites (N-methyl/N-ethyl adjacent to an activating group) is 1. The van der Waals surface area contributed by atoms with E-state index in [0.29, 0.717) is 6.54 Å². The zero-order valence-corrected chi connectivity index (χ0v) is 15.2. The summed E-state index contributed by atoms with van der Waals surface area (Å²) in [6, 6.07) is 6.00. The van der Waals surface area contributed by atoms with E-state index in [4.69, 9.17) is 0 Å². The molecule has 2 heterocycles. The van der Waals surface area contributed by atoms with Crippen LogP contribution in [0, 0.1) is 13.8 Å². The second-order valence-electron chi connectivity index (χ2n) is 6.00. The second-order valence-corrected chi connectivity index (χ2v) is 6.00. The molecular weight excluding hydrogens is 302 g/mol. The van der Waals surface area contributed by atoms with Crippen LogP contribution >= 0.6 is 0 Å². The summed E-state index contributed by atoms with van der Waals surface area (Å²) in [5.74, 6) is -0.0336. The lowest BCUT2D eigenvalue weighted by molar-refractivity contribution is -0.117. The molecule has 0 spiro atoms. The van der Waals surface area contributed by atoms with Crippen LogP contribution in [0.2, 0.25) is 0 Å². The number of carbonyl (C=O) groups is 1. The molecule has 1 amide bonds. The first-order valence-electron chi connectivity index (χ1n) is 8.42. The molecule has 0 radical (unpaired) electrons. The smallest absolute Gasteiger partial charge is 0.238 e. The third-order valence-electron chi connectivity index (χ3n) is 4.29. The highest BCUT2D eigenvalue weighted by molar-refractivity contribution is 5.93. The number of aromatic nitrogens is 3. The lowest BCUT2D eigenvalue weighted by atomic mass is 10.1. The van der Waals surface area contributed by atoms with E-state index < -0.39 is 0 Å². The number of pyridine rings is 1. The summed E-state index contributed by atoms with van der Waals surface area (Å²) in [5, 5.41) is 7.45. The minimum Gasteiger partial charge on any atom is -0.322 e. The van der Waals surface area contributed by atoms with Crippen molar-refractivity contribution in [2.75, 3.05) is 18.9 Å². The Morgan fingerprint density at radius 1 is 1.33 bits per heavy atom. The van der Waals surface area contributed by atoms with Crippen LogP contribution in [0.5, 0.6) is 0 Å². The van der Waals surface area contributed by atoms with Crippen LogP contribution in [0.25, 0.3) is 0 Å². The maximum absolute atomic E-state index is 12.5. The number of nitrogens with one attached hydrogen (secondary N) is 1. The van der Waals surface area contributed by atoms with Gasteiger partial charge in [-0.1, -0.05) is 13.0 Å². The van der Waals surface area contributed by atoms with E-state index in [1.165, 1.54) is 0 Å². The fourth-order valence-corrected chi connectivity index (χ4v) is 3.02. The topological polar surface area (TPSA) is 63.1 Å². The average molecular weight is 329 g/mol. The van der Waals surface area contributed by atoms with Crippen LogP contribution < -0.4 is 5.32 Å². The molecule has 1 atom stereocenters. The second kappa shape index (κ2) is 8.06. The maximum Gasteiger partial charge on any atom is 0.238 e. The molecule has 2 rings (SSSR count). The van der Waals surface area contributed by atoms with Crippen LogP contribution in [0.15, 0.2) is 24.4 Å². The molecule has 0 bridgehead atoms. The van der Waals surface area contributed by atoms with Crippen LogP contribution in [-0.4, -0.2) is 39.2 Å². The Kier molecular flexibility index (Phi) is 6.09. The average Bonchev–Trinajstić information content (AvgIpc) is 2.84. The highest BCUT2D eigenvalue weighted by Gasteiger charge is 2.20.